The summed E-state index contributed by atoms with van der Waals surface area (Å²) in [5.74, 6) is -0.104. The molecule has 32 heavy (non-hydrogen) atoms. The zero-order chi connectivity index (χ0) is 22.5. The zero-order valence-corrected chi connectivity index (χ0v) is 18.9. The van der Waals surface area contributed by atoms with Crippen LogP contribution in [0.2, 0.25) is 0 Å². The number of nitrogens with zero attached hydrogens (tertiary/aromatic N) is 2. The van der Waals surface area contributed by atoms with Gasteiger partial charge >= 0.3 is 0 Å². The van der Waals surface area contributed by atoms with Crippen LogP contribution in [0.15, 0.2) is 53.4 Å². The largest absolute Gasteiger partial charge is 0.494 e. The lowest BCUT2D eigenvalue weighted by Crippen LogP contribution is -2.52. The van der Waals surface area contributed by atoms with Crippen LogP contribution in [0.3, 0.4) is 0 Å². The van der Waals surface area contributed by atoms with E-state index in [1.807, 2.05) is 31.2 Å². The summed E-state index contributed by atoms with van der Waals surface area (Å²) in [5, 5.41) is 1.97. The van der Waals surface area contributed by atoms with E-state index >= 15 is 0 Å². The third-order valence-corrected chi connectivity index (χ3v) is 6.77. The maximum absolute atomic E-state index is 13.3. The summed E-state index contributed by atoms with van der Waals surface area (Å²) in [4.78, 5) is 43.3. The minimum Gasteiger partial charge on any atom is -0.494 e. The molecule has 2 aromatic rings. The Hall–Kier alpha value is -3.00. The van der Waals surface area contributed by atoms with Crippen molar-refractivity contribution in [3.8, 4) is 5.75 Å². The third kappa shape index (κ3) is 4.91. The molecule has 3 amide bonds. The first-order valence-corrected chi connectivity index (χ1v) is 11.8. The van der Waals surface area contributed by atoms with Gasteiger partial charge in [0.25, 0.3) is 5.91 Å². The number of anilines is 2. The van der Waals surface area contributed by atoms with Gasteiger partial charge in [0, 0.05) is 23.7 Å². The lowest BCUT2D eigenvalue weighted by atomic mass is 10.1. The van der Waals surface area contributed by atoms with Gasteiger partial charge in [0.1, 0.15) is 12.3 Å². The lowest BCUT2D eigenvalue weighted by Gasteiger charge is -2.36. The number of hydrogen-bond donors (Lipinski definition) is 1. The van der Waals surface area contributed by atoms with Crippen molar-refractivity contribution >= 4 is 40.9 Å². The minimum atomic E-state index is -0.860. The fourth-order valence-electron chi connectivity index (χ4n) is 3.96. The molecule has 1 N–H and O–H groups in total. The van der Waals surface area contributed by atoms with Gasteiger partial charge in [-0.2, -0.15) is 0 Å². The summed E-state index contributed by atoms with van der Waals surface area (Å²) in [7, 11) is 0. The number of thioether (sulfide) groups is 1. The number of likely N-dealkylation sites (tertiary alicyclic amines) is 1. The summed E-state index contributed by atoms with van der Waals surface area (Å²) < 4.78 is 5.42. The van der Waals surface area contributed by atoms with Crippen LogP contribution >= 0.6 is 11.8 Å². The maximum Gasteiger partial charge on any atom is 0.250 e. The number of fused-ring (bicyclic) bond motifs is 1. The number of nitrogens with one attached hydrogen (secondary N) is 1. The molecule has 0 aliphatic carbocycles. The monoisotopic (exact) mass is 453 g/mol. The molecule has 0 spiro atoms. The molecule has 1 atom stereocenters. The highest BCUT2D eigenvalue weighted by Crippen LogP contribution is 2.40. The van der Waals surface area contributed by atoms with Gasteiger partial charge in [-0.05, 0) is 62.6 Å². The fourth-order valence-corrected chi connectivity index (χ4v) is 5.15. The summed E-state index contributed by atoms with van der Waals surface area (Å²) in [6.45, 7) is 3.68. The van der Waals surface area contributed by atoms with Crippen LogP contribution in [-0.2, 0) is 14.4 Å². The Morgan fingerprint density at radius 3 is 2.50 bits per heavy atom. The Kier molecular flexibility index (Phi) is 6.99. The van der Waals surface area contributed by atoms with Crippen molar-refractivity contribution in [1.29, 1.82) is 0 Å². The van der Waals surface area contributed by atoms with Crippen molar-refractivity contribution in [3.63, 3.8) is 0 Å². The molecule has 168 valence electrons. The molecule has 1 saturated heterocycles. The SMILES string of the molecule is CCOc1ccc(NC(=O)CN2C(=O)C(C(=O)N3CCCCC3)Sc3ccccc32)cc1. The zero-order valence-electron chi connectivity index (χ0n) is 18.1. The predicted octanol–water partition coefficient (Wildman–Crippen LogP) is 3.54. The van der Waals surface area contributed by atoms with Gasteiger partial charge in [0.2, 0.25) is 11.8 Å². The van der Waals surface area contributed by atoms with Crippen LogP contribution in [0.4, 0.5) is 11.4 Å². The number of benzene rings is 2. The molecule has 2 aromatic carbocycles. The molecule has 4 rings (SSSR count). The van der Waals surface area contributed by atoms with E-state index in [0.717, 1.165) is 29.9 Å². The van der Waals surface area contributed by atoms with Crippen molar-refractivity contribution in [3.05, 3.63) is 48.5 Å². The van der Waals surface area contributed by atoms with Gasteiger partial charge in [-0.25, -0.2) is 0 Å². The topological polar surface area (TPSA) is 79.0 Å². The number of piperidine rings is 1. The van der Waals surface area contributed by atoms with E-state index in [1.165, 1.54) is 16.7 Å². The van der Waals surface area contributed by atoms with Gasteiger partial charge in [-0.3, -0.25) is 14.4 Å². The first-order chi connectivity index (χ1) is 15.6. The normalized spacial score (nSPS) is 18.2. The number of ether oxygens (including phenoxy) is 1. The van der Waals surface area contributed by atoms with Crippen molar-refractivity contribution in [2.75, 3.05) is 36.5 Å². The van der Waals surface area contributed by atoms with Gasteiger partial charge in [0.05, 0.1) is 12.3 Å². The first-order valence-electron chi connectivity index (χ1n) is 11.0. The van der Waals surface area contributed by atoms with Crippen molar-refractivity contribution < 1.29 is 19.1 Å². The quantitative estimate of drug-likeness (QED) is 0.677. The molecular formula is C24H27N3O4S. The lowest BCUT2D eigenvalue weighted by molar-refractivity contribution is -0.135. The number of para-hydroxylation sites is 1. The summed E-state index contributed by atoms with van der Waals surface area (Å²) in [6.07, 6.45) is 3.03. The average molecular weight is 454 g/mol. The standard InChI is InChI=1S/C24H27N3O4S/c1-2-31-18-12-10-17(11-13-18)25-21(28)16-27-19-8-4-5-9-20(19)32-22(24(27)30)23(29)26-14-6-3-7-15-26/h4-5,8-13,22H,2-3,6-7,14-16H2,1H3,(H,25,28). The predicted molar refractivity (Wildman–Crippen MR) is 125 cm³/mol. The second-order valence-electron chi connectivity index (χ2n) is 7.78. The third-order valence-electron chi connectivity index (χ3n) is 5.53. The molecule has 2 aliphatic heterocycles. The molecule has 0 radical (unpaired) electrons. The smallest absolute Gasteiger partial charge is 0.250 e. The highest BCUT2D eigenvalue weighted by atomic mass is 32.2. The van der Waals surface area contributed by atoms with E-state index in [4.69, 9.17) is 4.74 Å². The maximum atomic E-state index is 13.3. The Labute approximate surface area is 192 Å². The number of carbonyl (C=O) groups excluding carboxylic acids is 3. The molecule has 0 aromatic heterocycles. The average Bonchev–Trinajstić information content (AvgIpc) is 2.82. The van der Waals surface area contributed by atoms with Crippen LogP contribution in [0.25, 0.3) is 0 Å². The second kappa shape index (κ2) is 10.1. The Bertz CT molecular complexity index is 989. The van der Waals surface area contributed by atoms with Gasteiger partial charge in [0.15, 0.2) is 5.25 Å². The molecule has 2 heterocycles. The molecule has 0 saturated carbocycles. The van der Waals surface area contributed by atoms with Crippen LogP contribution in [0.1, 0.15) is 26.2 Å². The van der Waals surface area contributed by atoms with E-state index in [2.05, 4.69) is 5.32 Å². The fraction of sp³-hybridized carbons (Fsp3) is 0.375. The minimum absolute atomic E-state index is 0.159. The molecule has 1 unspecified atom stereocenters. The number of hydrogen-bond acceptors (Lipinski definition) is 5. The Balaban J connectivity index is 1.50. The number of carbonyl (C=O) groups is 3. The van der Waals surface area contributed by atoms with Crippen molar-refractivity contribution in [2.24, 2.45) is 0 Å². The van der Waals surface area contributed by atoms with Gasteiger partial charge in [-0.15, -0.1) is 11.8 Å². The van der Waals surface area contributed by atoms with E-state index in [-0.39, 0.29) is 24.3 Å². The van der Waals surface area contributed by atoms with E-state index in [9.17, 15) is 14.4 Å². The van der Waals surface area contributed by atoms with Crippen molar-refractivity contribution in [2.45, 2.75) is 36.3 Å². The first kappa shape index (κ1) is 22.2. The van der Waals surface area contributed by atoms with Crippen LogP contribution in [-0.4, -0.2) is 54.1 Å². The van der Waals surface area contributed by atoms with Crippen LogP contribution in [0, 0.1) is 0 Å². The Morgan fingerprint density at radius 2 is 1.78 bits per heavy atom. The molecule has 7 nitrogen and oxygen atoms in total. The number of amides is 3. The van der Waals surface area contributed by atoms with E-state index in [1.54, 1.807) is 29.2 Å². The molecular weight excluding hydrogens is 426 g/mol. The second-order valence-corrected chi connectivity index (χ2v) is 8.93. The Morgan fingerprint density at radius 1 is 1.06 bits per heavy atom. The highest BCUT2D eigenvalue weighted by Gasteiger charge is 2.40. The van der Waals surface area contributed by atoms with Crippen LogP contribution in [0.5, 0.6) is 5.75 Å². The molecule has 2 aliphatic rings. The van der Waals surface area contributed by atoms with E-state index in [0.29, 0.717) is 31.1 Å². The summed E-state index contributed by atoms with van der Waals surface area (Å²) >= 11 is 1.28. The molecule has 0 bridgehead atoms. The summed E-state index contributed by atoms with van der Waals surface area (Å²) in [6, 6.07) is 14.5. The highest BCUT2D eigenvalue weighted by molar-refractivity contribution is 8.01. The molecule has 1 fully saturated rings. The van der Waals surface area contributed by atoms with Crippen molar-refractivity contribution in [1.82, 2.24) is 4.90 Å². The van der Waals surface area contributed by atoms with Gasteiger partial charge in [-0.1, -0.05) is 12.1 Å². The van der Waals surface area contributed by atoms with Gasteiger partial charge < -0.3 is 19.9 Å². The van der Waals surface area contributed by atoms with Crippen LogP contribution < -0.4 is 15.0 Å². The van der Waals surface area contributed by atoms with E-state index < -0.39 is 5.25 Å². The number of rotatable bonds is 6. The summed E-state index contributed by atoms with van der Waals surface area (Å²) in [5.41, 5.74) is 1.28. The molecule has 8 heteroatoms.